The number of thioether (sulfide) groups is 1. The van der Waals surface area contributed by atoms with Gasteiger partial charge in [-0.25, -0.2) is 4.99 Å². The van der Waals surface area contributed by atoms with Crippen LogP contribution in [-0.2, 0) is 6.54 Å². The molecule has 0 saturated heterocycles. The number of rotatable bonds is 7. The normalized spacial score (nSPS) is 24.2. The van der Waals surface area contributed by atoms with E-state index >= 15 is 0 Å². The van der Waals surface area contributed by atoms with Crippen molar-refractivity contribution in [1.29, 1.82) is 0 Å². The van der Waals surface area contributed by atoms with Crippen LogP contribution in [0.4, 0.5) is 0 Å². The maximum Gasteiger partial charge on any atom is 0.191 e. The Labute approximate surface area is 144 Å². The Bertz CT molecular complexity index is 535. The molecule has 23 heavy (non-hydrogen) atoms. The molecular formula is C18H29N3OS. The Kier molecular flexibility index (Phi) is 6.78. The maximum absolute atomic E-state index is 10.7. The zero-order chi connectivity index (χ0) is 16.7. The van der Waals surface area contributed by atoms with Crippen LogP contribution in [-0.4, -0.2) is 40.8 Å². The second-order valence-corrected chi connectivity index (χ2v) is 7.54. The predicted octanol–water partition coefficient (Wildman–Crippen LogP) is 2.70. The molecule has 0 aromatic heterocycles. The maximum atomic E-state index is 10.7. The molecule has 1 aliphatic rings. The first-order chi connectivity index (χ1) is 11.1. The van der Waals surface area contributed by atoms with Gasteiger partial charge in [0.15, 0.2) is 5.96 Å². The second-order valence-electron chi connectivity index (χ2n) is 6.06. The second kappa shape index (κ2) is 8.60. The summed E-state index contributed by atoms with van der Waals surface area (Å²) in [6, 6.07) is 8.30. The van der Waals surface area contributed by atoms with E-state index in [1.54, 1.807) is 0 Å². The number of hydrogen-bond donors (Lipinski definition) is 3. The summed E-state index contributed by atoms with van der Waals surface area (Å²) in [6.45, 7) is 8.32. The molecule has 0 amide bonds. The number of benzene rings is 1. The Hall–Kier alpha value is -1.20. The van der Waals surface area contributed by atoms with Crippen LogP contribution >= 0.6 is 11.8 Å². The summed E-state index contributed by atoms with van der Waals surface area (Å²) >= 11 is 1.85. The number of hydrogen-bond acceptors (Lipinski definition) is 3. The van der Waals surface area contributed by atoms with Gasteiger partial charge in [0, 0.05) is 18.3 Å². The van der Waals surface area contributed by atoms with Crippen molar-refractivity contribution in [3.63, 3.8) is 0 Å². The van der Waals surface area contributed by atoms with E-state index < -0.39 is 5.60 Å². The largest absolute Gasteiger partial charge is 0.387 e. The van der Waals surface area contributed by atoms with Crippen LogP contribution < -0.4 is 10.6 Å². The van der Waals surface area contributed by atoms with E-state index in [4.69, 9.17) is 0 Å². The van der Waals surface area contributed by atoms with E-state index in [-0.39, 0.29) is 0 Å². The zero-order valence-corrected chi connectivity index (χ0v) is 15.2. The molecule has 0 spiro atoms. The lowest BCUT2D eigenvalue weighted by Gasteiger charge is -2.45. The van der Waals surface area contributed by atoms with Crippen molar-refractivity contribution >= 4 is 17.7 Å². The Morgan fingerprint density at radius 3 is 2.74 bits per heavy atom. The number of guanidine groups is 1. The minimum Gasteiger partial charge on any atom is -0.387 e. The Morgan fingerprint density at radius 1 is 1.35 bits per heavy atom. The van der Waals surface area contributed by atoms with Gasteiger partial charge in [0.05, 0.1) is 12.1 Å². The van der Waals surface area contributed by atoms with Crippen LogP contribution in [0.15, 0.2) is 29.3 Å². The third kappa shape index (κ3) is 4.88. The van der Waals surface area contributed by atoms with Crippen molar-refractivity contribution in [2.75, 3.05) is 18.8 Å². The summed E-state index contributed by atoms with van der Waals surface area (Å²) < 4.78 is 0. The zero-order valence-electron chi connectivity index (χ0n) is 14.4. The summed E-state index contributed by atoms with van der Waals surface area (Å²) in [6.07, 6.45) is 1.97. The molecule has 1 aliphatic carbocycles. The molecule has 3 N–H and O–H groups in total. The average Bonchev–Trinajstić information content (AvgIpc) is 2.55. The minimum absolute atomic E-state index is 0.347. The fraction of sp³-hybridized carbons (Fsp3) is 0.611. The average molecular weight is 336 g/mol. The summed E-state index contributed by atoms with van der Waals surface area (Å²) in [5.41, 5.74) is 1.88. The predicted molar refractivity (Wildman–Crippen MR) is 100 cm³/mol. The van der Waals surface area contributed by atoms with Crippen molar-refractivity contribution in [3.05, 3.63) is 35.4 Å². The van der Waals surface area contributed by atoms with Gasteiger partial charge in [-0.3, -0.25) is 0 Å². The van der Waals surface area contributed by atoms with E-state index in [1.165, 1.54) is 11.1 Å². The molecule has 4 nitrogen and oxygen atoms in total. The van der Waals surface area contributed by atoms with E-state index in [2.05, 4.69) is 48.5 Å². The van der Waals surface area contributed by atoms with Gasteiger partial charge < -0.3 is 15.7 Å². The van der Waals surface area contributed by atoms with Gasteiger partial charge in [-0.15, -0.1) is 0 Å². The van der Waals surface area contributed by atoms with Crippen LogP contribution in [0, 0.1) is 6.92 Å². The molecule has 5 heteroatoms. The highest BCUT2D eigenvalue weighted by Gasteiger charge is 2.45. The lowest BCUT2D eigenvalue weighted by Crippen LogP contribution is -2.58. The number of aliphatic hydroxyl groups is 1. The Morgan fingerprint density at radius 2 is 2.13 bits per heavy atom. The SMILES string of the molecule is CCNC(=NCc1ccccc1C)NCC1(O)CCC1SCC. The summed E-state index contributed by atoms with van der Waals surface area (Å²) in [5.74, 6) is 1.82. The first kappa shape index (κ1) is 18.1. The van der Waals surface area contributed by atoms with Crippen LogP contribution in [0.25, 0.3) is 0 Å². The number of aliphatic imine (C=N–C) groups is 1. The lowest BCUT2D eigenvalue weighted by atomic mass is 9.79. The molecule has 0 radical (unpaired) electrons. The molecule has 1 aromatic rings. The van der Waals surface area contributed by atoms with Gasteiger partial charge in [0.2, 0.25) is 0 Å². The molecule has 1 aromatic carbocycles. The van der Waals surface area contributed by atoms with Crippen molar-refractivity contribution in [3.8, 4) is 0 Å². The molecule has 2 unspecified atom stereocenters. The molecule has 0 bridgehead atoms. The smallest absolute Gasteiger partial charge is 0.191 e. The van der Waals surface area contributed by atoms with E-state index in [1.807, 2.05) is 23.9 Å². The molecule has 2 atom stereocenters. The van der Waals surface area contributed by atoms with E-state index in [0.717, 1.165) is 31.1 Å². The molecule has 128 valence electrons. The molecule has 0 heterocycles. The van der Waals surface area contributed by atoms with Crippen LogP contribution in [0.5, 0.6) is 0 Å². The topological polar surface area (TPSA) is 56.7 Å². The highest BCUT2D eigenvalue weighted by Crippen LogP contribution is 2.40. The molecule has 1 fully saturated rings. The van der Waals surface area contributed by atoms with Crippen molar-refractivity contribution in [2.45, 2.75) is 51.0 Å². The highest BCUT2D eigenvalue weighted by molar-refractivity contribution is 8.00. The fourth-order valence-corrected chi connectivity index (χ4v) is 3.97. The number of aryl methyl sites for hydroxylation is 1. The number of nitrogens with zero attached hydrogens (tertiary/aromatic N) is 1. The summed E-state index contributed by atoms with van der Waals surface area (Å²) in [5, 5.41) is 17.6. The van der Waals surface area contributed by atoms with Gasteiger partial charge in [-0.2, -0.15) is 11.8 Å². The standard InChI is InChI=1S/C18H29N3OS/c1-4-19-17(20-12-15-9-7-6-8-14(15)3)21-13-18(22)11-10-16(18)23-5-2/h6-9,16,22H,4-5,10-13H2,1-3H3,(H2,19,20,21). The first-order valence-electron chi connectivity index (χ1n) is 8.49. The first-order valence-corrected chi connectivity index (χ1v) is 9.54. The van der Waals surface area contributed by atoms with Gasteiger partial charge in [0.25, 0.3) is 0 Å². The molecule has 0 aliphatic heterocycles. The lowest BCUT2D eigenvalue weighted by molar-refractivity contribution is -0.0198. The number of nitrogens with one attached hydrogen (secondary N) is 2. The third-order valence-electron chi connectivity index (χ3n) is 4.38. The highest BCUT2D eigenvalue weighted by atomic mass is 32.2. The van der Waals surface area contributed by atoms with Gasteiger partial charge in [-0.1, -0.05) is 31.2 Å². The summed E-state index contributed by atoms with van der Waals surface area (Å²) in [4.78, 5) is 4.65. The van der Waals surface area contributed by atoms with Gasteiger partial charge >= 0.3 is 0 Å². The minimum atomic E-state index is -0.598. The van der Waals surface area contributed by atoms with Crippen LogP contribution in [0.3, 0.4) is 0 Å². The van der Waals surface area contributed by atoms with Gasteiger partial charge in [0.1, 0.15) is 0 Å². The molecular weight excluding hydrogens is 306 g/mol. The fourth-order valence-electron chi connectivity index (χ4n) is 2.77. The Balaban J connectivity index is 1.93. The molecule has 2 rings (SSSR count). The van der Waals surface area contributed by atoms with Crippen molar-refractivity contribution < 1.29 is 5.11 Å². The quantitative estimate of drug-likeness (QED) is 0.530. The van der Waals surface area contributed by atoms with E-state index in [9.17, 15) is 5.11 Å². The summed E-state index contributed by atoms with van der Waals surface area (Å²) in [7, 11) is 0. The molecule has 1 saturated carbocycles. The van der Waals surface area contributed by atoms with Gasteiger partial charge in [-0.05, 0) is 43.6 Å². The van der Waals surface area contributed by atoms with Crippen molar-refractivity contribution in [1.82, 2.24) is 10.6 Å². The van der Waals surface area contributed by atoms with Crippen LogP contribution in [0.2, 0.25) is 0 Å². The monoisotopic (exact) mass is 335 g/mol. The van der Waals surface area contributed by atoms with Crippen molar-refractivity contribution in [2.24, 2.45) is 4.99 Å². The van der Waals surface area contributed by atoms with Crippen LogP contribution in [0.1, 0.15) is 37.8 Å². The third-order valence-corrected chi connectivity index (χ3v) is 5.79. The van der Waals surface area contributed by atoms with E-state index in [0.29, 0.717) is 18.3 Å².